The molecule has 1 aromatic rings. The van der Waals surface area contributed by atoms with E-state index in [1.54, 1.807) is 4.88 Å². The smallest absolute Gasteiger partial charge is 0.0149 e. The van der Waals surface area contributed by atoms with E-state index in [4.69, 9.17) is 0 Å². The Morgan fingerprint density at radius 1 is 1.32 bits per heavy atom. The van der Waals surface area contributed by atoms with Crippen molar-refractivity contribution in [1.29, 1.82) is 0 Å². The van der Waals surface area contributed by atoms with E-state index in [1.807, 2.05) is 11.3 Å². The molecule has 1 heterocycles. The van der Waals surface area contributed by atoms with E-state index < -0.39 is 0 Å². The molecule has 2 heteroatoms. The summed E-state index contributed by atoms with van der Waals surface area (Å²) in [7, 11) is 0. The first-order chi connectivity index (χ1) is 9.06. The van der Waals surface area contributed by atoms with E-state index in [0.29, 0.717) is 11.5 Å². The van der Waals surface area contributed by atoms with Gasteiger partial charge in [0.15, 0.2) is 0 Å². The van der Waals surface area contributed by atoms with Crippen molar-refractivity contribution in [2.24, 2.45) is 11.3 Å². The summed E-state index contributed by atoms with van der Waals surface area (Å²) < 4.78 is 0. The summed E-state index contributed by atoms with van der Waals surface area (Å²) in [4.78, 5) is 3.08. The number of hydrogen-bond acceptors (Lipinski definition) is 2. The fourth-order valence-electron chi connectivity index (χ4n) is 3.66. The van der Waals surface area contributed by atoms with Crippen molar-refractivity contribution in [3.63, 3.8) is 0 Å². The lowest BCUT2D eigenvalue weighted by molar-refractivity contribution is 0.197. The number of aryl methyl sites for hydroxylation is 1. The van der Waals surface area contributed by atoms with Crippen LogP contribution in [0.25, 0.3) is 0 Å². The van der Waals surface area contributed by atoms with Crippen LogP contribution in [0.2, 0.25) is 0 Å². The first-order valence-electron chi connectivity index (χ1n) is 7.87. The molecule has 1 aromatic heterocycles. The molecule has 0 radical (unpaired) electrons. The second-order valence-corrected chi connectivity index (χ2v) is 7.83. The van der Waals surface area contributed by atoms with Crippen LogP contribution in [-0.2, 0) is 12.8 Å². The molecule has 0 aliphatic heterocycles. The highest BCUT2D eigenvalue weighted by molar-refractivity contribution is 7.11. The number of rotatable bonds is 6. The predicted octanol–water partition coefficient (Wildman–Crippen LogP) is 4.66. The van der Waals surface area contributed by atoms with Gasteiger partial charge in [-0.15, -0.1) is 11.3 Å². The maximum absolute atomic E-state index is 3.76. The second-order valence-electron chi connectivity index (χ2n) is 6.58. The second kappa shape index (κ2) is 6.41. The third kappa shape index (κ3) is 3.61. The maximum Gasteiger partial charge on any atom is 0.0149 e. The number of hydrogen-bond donors (Lipinski definition) is 1. The van der Waals surface area contributed by atoms with Crippen LogP contribution in [0.3, 0.4) is 0 Å². The van der Waals surface area contributed by atoms with Crippen LogP contribution in [-0.4, -0.2) is 12.6 Å². The Morgan fingerprint density at radius 3 is 2.58 bits per heavy atom. The zero-order chi connectivity index (χ0) is 13.9. The van der Waals surface area contributed by atoms with Crippen molar-refractivity contribution in [2.45, 2.75) is 65.8 Å². The van der Waals surface area contributed by atoms with Crippen molar-refractivity contribution in [3.05, 3.63) is 21.9 Å². The van der Waals surface area contributed by atoms with E-state index in [1.165, 1.54) is 37.0 Å². The van der Waals surface area contributed by atoms with Crippen molar-refractivity contribution < 1.29 is 0 Å². The van der Waals surface area contributed by atoms with E-state index >= 15 is 0 Å². The van der Waals surface area contributed by atoms with E-state index in [9.17, 15) is 0 Å². The zero-order valence-corrected chi connectivity index (χ0v) is 13.8. The van der Waals surface area contributed by atoms with Crippen LogP contribution in [0.4, 0.5) is 0 Å². The Bertz CT molecular complexity index is 394. The largest absolute Gasteiger partial charge is 0.314 e. The van der Waals surface area contributed by atoms with Gasteiger partial charge in [-0.2, -0.15) is 0 Å². The van der Waals surface area contributed by atoms with Crippen molar-refractivity contribution in [3.8, 4) is 0 Å². The summed E-state index contributed by atoms with van der Waals surface area (Å²) in [5.41, 5.74) is 0.512. The highest BCUT2D eigenvalue weighted by Crippen LogP contribution is 2.45. The fraction of sp³-hybridized carbons (Fsp3) is 0.765. The lowest BCUT2D eigenvalue weighted by Crippen LogP contribution is -2.42. The van der Waals surface area contributed by atoms with E-state index in [-0.39, 0.29) is 0 Å². The van der Waals surface area contributed by atoms with Gasteiger partial charge in [0.05, 0.1) is 0 Å². The molecular formula is C17H29NS. The van der Waals surface area contributed by atoms with Gasteiger partial charge in [0.2, 0.25) is 0 Å². The van der Waals surface area contributed by atoms with Gasteiger partial charge in [-0.05, 0) is 55.7 Å². The Morgan fingerprint density at radius 2 is 2.05 bits per heavy atom. The van der Waals surface area contributed by atoms with Gasteiger partial charge in [0.1, 0.15) is 0 Å². The molecule has 19 heavy (non-hydrogen) atoms. The normalized spacial score (nSPS) is 23.7. The Hall–Kier alpha value is -0.340. The van der Waals surface area contributed by atoms with Crippen LogP contribution in [0.5, 0.6) is 0 Å². The summed E-state index contributed by atoms with van der Waals surface area (Å²) in [5.74, 6) is 0.833. The van der Waals surface area contributed by atoms with Gasteiger partial charge < -0.3 is 5.32 Å². The molecule has 1 aliphatic carbocycles. The molecule has 1 nitrogen and oxygen atoms in total. The molecule has 2 atom stereocenters. The molecule has 0 amide bonds. The fourth-order valence-corrected chi connectivity index (χ4v) is 4.67. The van der Waals surface area contributed by atoms with Gasteiger partial charge in [0, 0.05) is 15.8 Å². The zero-order valence-electron chi connectivity index (χ0n) is 13.0. The third-order valence-electron chi connectivity index (χ3n) is 4.78. The number of thiophene rings is 1. The summed E-state index contributed by atoms with van der Waals surface area (Å²) in [6.07, 6.45) is 6.59. The van der Waals surface area contributed by atoms with Crippen LogP contribution < -0.4 is 5.32 Å². The molecule has 2 rings (SSSR count). The molecule has 0 bridgehead atoms. The quantitative estimate of drug-likeness (QED) is 0.798. The van der Waals surface area contributed by atoms with Gasteiger partial charge in [-0.3, -0.25) is 0 Å². The molecule has 1 fully saturated rings. The lowest BCUT2D eigenvalue weighted by atomic mass is 9.76. The molecule has 0 spiro atoms. The Balaban J connectivity index is 2.07. The van der Waals surface area contributed by atoms with Crippen LogP contribution >= 0.6 is 11.3 Å². The van der Waals surface area contributed by atoms with Gasteiger partial charge in [0.25, 0.3) is 0 Å². The minimum Gasteiger partial charge on any atom is -0.314 e. The minimum atomic E-state index is 0.512. The highest BCUT2D eigenvalue weighted by atomic mass is 32.1. The van der Waals surface area contributed by atoms with Gasteiger partial charge in [-0.25, -0.2) is 0 Å². The first kappa shape index (κ1) is 15.1. The Kier molecular flexibility index (Phi) is 5.08. The van der Waals surface area contributed by atoms with E-state index in [0.717, 1.165) is 12.5 Å². The summed E-state index contributed by atoms with van der Waals surface area (Å²) in [6, 6.07) is 5.31. The molecular weight excluding hydrogens is 250 g/mol. The average Bonchev–Trinajstić information content (AvgIpc) is 2.94. The summed E-state index contributed by atoms with van der Waals surface area (Å²) >= 11 is 2.01. The number of nitrogens with one attached hydrogen (secondary N) is 1. The molecule has 1 aliphatic rings. The topological polar surface area (TPSA) is 12.0 Å². The summed E-state index contributed by atoms with van der Waals surface area (Å²) in [6.45, 7) is 10.5. The van der Waals surface area contributed by atoms with Crippen molar-refractivity contribution in [2.75, 3.05) is 6.54 Å². The maximum atomic E-state index is 3.76. The monoisotopic (exact) mass is 279 g/mol. The lowest BCUT2D eigenvalue weighted by Gasteiger charge is -2.34. The van der Waals surface area contributed by atoms with Gasteiger partial charge in [-0.1, -0.05) is 34.1 Å². The predicted molar refractivity (Wildman–Crippen MR) is 86.0 cm³/mol. The summed E-state index contributed by atoms with van der Waals surface area (Å²) in [5, 5.41) is 3.76. The van der Waals surface area contributed by atoms with Crippen LogP contribution in [0.1, 0.15) is 56.7 Å². The molecule has 0 saturated heterocycles. The van der Waals surface area contributed by atoms with Crippen LogP contribution in [0.15, 0.2) is 12.1 Å². The average molecular weight is 279 g/mol. The standard InChI is InChI=1S/C17H29NS/c1-5-13-9-10-14(19-13)12-16(18-6-2)15-8-7-11-17(15,3)4/h9-10,15-16,18H,5-8,11-12H2,1-4H3. The SMILES string of the molecule is CCNC(Cc1ccc(CC)s1)C1CCCC1(C)C. The first-order valence-corrected chi connectivity index (χ1v) is 8.69. The molecule has 1 saturated carbocycles. The van der Waals surface area contributed by atoms with E-state index in [2.05, 4.69) is 45.1 Å². The highest BCUT2D eigenvalue weighted by Gasteiger charge is 2.39. The Labute approximate surface area is 122 Å². The number of likely N-dealkylation sites (N-methyl/N-ethyl adjacent to an activating group) is 1. The minimum absolute atomic E-state index is 0.512. The molecule has 108 valence electrons. The molecule has 2 unspecified atom stereocenters. The van der Waals surface area contributed by atoms with Crippen molar-refractivity contribution in [1.82, 2.24) is 5.32 Å². The van der Waals surface area contributed by atoms with Crippen LogP contribution in [0, 0.1) is 11.3 Å². The molecule has 0 aromatic carbocycles. The molecule has 1 N–H and O–H groups in total. The van der Waals surface area contributed by atoms with Gasteiger partial charge >= 0.3 is 0 Å². The van der Waals surface area contributed by atoms with Crippen molar-refractivity contribution >= 4 is 11.3 Å². The third-order valence-corrected chi connectivity index (χ3v) is 6.03.